The molecule has 162 valence electrons. The smallest absolute Gasteiger partial charge is 0.261 e. The number of thiophene rings is 1. The molecular formula is C25H27BrN2O2S. The lowest BCUT2D eigenvalue weighted by atomic mass is 9.71. The van der Waals surface area contributed by atoms with Crippen molar-refractivity contribution in [2.45, 2.75) is 52.5 Å². The third-order valence-electron chi connectivity index (χ3n) is 6.23. The fraction of sp³-hybridized carbons (Fsp3) is 0.400. The van der Waals surface area contributed by atoms with Crippen LogP contribution in [0.25, 0.3) is 10.2 Å². The highest BCUT2D eigenvalue weighted by atomic mass is 79.9. The maximum atomic E-state index is 13.0. The van der Waals surface area contributed by atoms with Crippen molar-refractivity contribution in [2.24, 2.45) is 11.3 Å². The molecule has 0 saturated heterocycles. The van der Waals surface area contributed by atoms with E-state index < -0.39 is 0 Å². The fourth-order valence-corrected chi connectivity index (χ4v) is 5.48. The highest BCUT2D eigenvalue weighted by Crippen LogP contribution is 2.38. The number of rotatable bonds is 5. The predicted molar refractivity (Wildman–Crippen MR) is 130 cm³/mol. The molecule has 6 heteroatoms. The number of aryl methyl sites for hydroxylation is 1. The van der Waals surface area contributed by atoms with Crippen molar-refractivity contribution in [3.8, 4) is 0 Å². The van der Waals surface area contributed by atoms with Gasteiger partial charge in [0.05, 0.1) is 10.9 Å². The molecule has 0 fully saturated rings. The number of benzene rings is 1. The Balaban J connectivity index is 1.57. The van der Waals surface area contributed by atoms with Crippen LogP contribution in [-0.4, -0.2) is 17.2 Å². The lowest BCUT2D eigenvalue weighted by Gasteiger charge is -2.34. The van der Waals surface area contributed by atoms with Crippen molar-refractivity contribution in [1.29, 1.82) is 0 Å². The number of halogens is 1. The van der Waals surface area contributed by atoms with Crippen molar-refractivity contribution in [2.75, 3.05) is 0 Å². The van der Waals surface area contributed by atoms with E-state index in [0.29, 0.717) is 10.8 Å². The summed E-state index contributed by atoms with van der Waals surface area (Å²) in [6, 6.07) is 11.5. The molecule has 4 nitrogen and oxygen atoms in total. The lowest BCUT2D eigenvalue weighted by Crippen LogP contribution is -2.28. The van der Waals surface area contributed by atoms with Gasteiger partial charge in [0.2, 0.25) is 0 Å². The maximum Gasteiger partial charge on any atom is 0.261 e. The predicted octanol–water partition coefficient (Wildman–Crippen LogP) is 6.27. The Hall–Kier alpha value is -2.05. The second kappa shape index (κ2) is 8.83. The second-order valence-corrected chi connectivity index (χ2v) is 11.3. The summed E-state index contributed by atoms with van der Waals surface area (Å²) >= 11 is 4.84. The minimum Gasteiger partial charge on any atom is -0.344 e. The molecule has 1 unspecified atom stereocenters. The number of hydrogen-bond acceptors (Lipinski definition) is 4. The molecule has 0 bridgehead atoms. The van der Waals surface area contributed by atoms with E-state index in [1.807, 2.05) is 30.3 Å². The van der Waals surface area contributed by atoms with Crippen LogP contribution in [0.3, 0.4) is 0 Å². The number of carbonyl (C=O) groups excluding carboxylic acids is 2. The summed E-state index contributed by atoms with van der Waals surface area (Å²) in [5, 5.41) is 4.05. The SMILES string of the molecule is CC(C)(C)C1CCc2nc3sc(C(=O)N[C@H](CC=O)c4ccc(Br)cc4)cc3cc2C1. The van der Waals surface area contributed by atoms with Crippen LogP contribution in [0.15, 0.2) is 40.9 Å². The molecule has 1 aromatic carbocycles. The summed E-state index contributed by atoms with van der Waals surface area (Å²) in [4.78, 5) is 30.6. The zero-order valence-corrected chi connectivity index (χ0v) is 20.5. The van der Waals surface area contributed by atoms with E-state index in [0.717, 1.165) is 45.8 Å². The number of fused-ring (bicyclic) bond motifs is 2. The summed E-state index contributed by atoms with van der Waals surface area (Å²) in [5.74, 6) is 0.485. The minimum atomic E-state index is -0.350. The van der Waals surface area contributed by atoms with Gasteiger partial charge < -0.3 is 10.1 Å². The van der Waals surface area contributed by atoms with Crippen LogP contribution in [0, 0.1) is 11.3 Å². The zero-order chi connectivity index (χ0) is 22.2. The van der Waals surface area contributed by atoms with Crippen LogP contribution >= 0.6 is 27.3 Å². The second-order valence-electron chi connectivity index (χ2n) is 9.38. The Morgan fingerprint density at radius 3 is 2.71 bits per heavy atom. The van der Waals surface area contributed by atoms with Gasteiger partial charge in [-0.15, -0.1) is 11.3 Å². The van der Waals surface area contributed by atoms with Gasteiger partial charge in [-0.3, -0.25) is 4.79 Å². The van der Waals surface area contributed by atoms with Gasteiger partial charge in [-0.2, -0.15) is 0 Å². The van der Waals surface area contributed by atoms with Crippen molar-refractivity contribution >= 4 is 49.7 Å². The molecule has 1 amide bonds. The van der Waals surface area contributed by atoms with E-state index in [2.05, 4.69) is 48.1 Å². The summed E-state index contributed by atoms with van der Waals surface area (Å²) in [6.45, 7) is 6.93. The molecule has 0 aliphatic heterocycles. The van der Waals surface area contributed by atoms with Crippen molar-refractivity contribution in [3.63, 3.8) is 0 Å². The van der Waals surface area contributed by atoms with E-state index in [1.54, 1.807) is 0 Å². The molecule has 0 radical (unpaired) electrons. The van der Waals surface area contributed by atoms with Gasteiger partial charge >= 0.3 is 0 Å². The summed E-state index contributed by atoms with van der Waals surface area (Å²) in [5.41, 5.74) is 3.69. The third-order valence-corrected chi connectivity index (χ3v) is 7.80. The summed E-state index contributed by atoms with van der Waals surface area (Å²) in [6.07, 6.45) is 4.29. The molecule has 4 rings (SSSR count). The van der Waals surface area contributed by atoms with Crippen molar-refractivity contribution in [1.82, 2.24) is 10.3 Å². The van der Waals surface area contributed by atoms with E-state index in [4.69, 9.17) is 4.98 Å². The Kier molecular flexibility index (Phi) is 6.31. The molecule has 1 N–H and O–H groups in total. The molecule has 1 aliphatic rings. The largest absolute Gasteiger partial charge is 0.344 e. The minimum absolute atomic E-state index is 0.164. The van der Waals surface area contributed by atoms with Gasteiger partial charge in [0.1, 0.15) is 11.1 Å². The molecular weight excluding hydrogens is 472 g/mol. The van der Waals surface area contributed by atoms with Gasteiger partial charge in [-0.25, -0.2) is 4.98 Å². The van der Waals surface area contributed by atoms with E-state index in [-0.39, 0.29) is 23.8 Å². The first-order valence-electron chi connectivity index (χ1n) is 10.7. The summed E-state index contributed by atoms with van der Waals surface area (Å²) < 4.78 is 0.959. The van der Waals surface area contributed by atoms with E-state index in [1.165, 1.54) is 22.6 Å². The van der Waals surface area contributed by atoms with Gasteiger partial charge in [0.15, 0.2) is 0 Å². The summed E-state index contributed by atoms with van der Waals surface area (Å²) in [7, 11) is 0. The Morgan fingerprint density at radius 2 is 2.03 bits per heavy atom. The monoisotopic (exact) mass is 498 g/mol. The number of carbonyl (C=O) groups is 2. The number of nitrogens with zero attached hydrogens (tertiary/aromatic N) is 1. The molecule has 3 aromatic rings. The number of pyridine rings is 1. The molecule has 2 aromatic heterocycles. The highest BCUT2D eigenvalue weighted by molar-refractivity contribution is 9.10. The number of nitrogens with one attached hydrogen (secondary N) is 1. The zero-order valence-electron chi connectivity index (χ0n) is 18.1. The van der Waals surface area contributed by atoms with Crippen LogP contribution in [0.2, 0.25) is 0 Å². The molecule has 0 spiro atoms. The fourth-order valence-electron chi connectivity index (χ4n) is 4.27. The van der Waals surface area contributed by atoms with Gasteiger partial charge in [-0.1, -0.05) is 48.8 Å². The maximum absolute atomic E-state index is 13.0. The molecule has 31 heavy (non-hydrogen) atoms. The average Bonchev–Trinajstić information content (AvgIpc) is 3.14. The van der Waals surface area contributed by atoms with Crippen molar-refractivity contribution in [3.05, 3.63) is 62.6 Å². The Bertz CT molecular complexity index is 1110. The van der Waals surface area contributed by atoms with Crippen LogP contribution in [-0.2, 0) is 17.6 Å². The Labute approximate surface area is 195 Å². The quantitative estimate of drug-likeness (QED) is 0.421. The van der Waals surface area contributed by atoms with Gasteiger partial charge in [0, 0.05) is 22.0 Å². The Morgan fingerprint density at radius 1 is 1.29 bits per heavy atom. The molecule has 1 aliphatic carbocycles. The topological polar surface area (TPSA) is 59.1 Å². The third kappa shape index (κ3) is 4.90. The highest BCUT2D eigenvalue weighted by Gasteiger charge is 2.29. The molecule has 2 heterocycles. The lowest BCUT2D eigenvalue weighted by molar-refractivity contribution is -0.108. The standard InChI is InChI=1S/C25H27BrN2O2S/c1-25(2,3)18-6-9-20-16(13-18)12-17-14-22(31-24(17)28-20)23(30)27-21(10-11-29)15-4-7-19(26)8-5-15/h4-5,7-8,11-12,14,18,21H,6,9-10,13H2,1-3H3,(H,27,30)/t18?,21-/m1/s1. The first-order chi connectivity index (χ1) is 14.7. The van der Waals surface area contributed by atoms with Crippen LogP contribution in [0.1, 0.15) is 66.1 Å². The van der Waals surface area contributed by atoms with Crippen LogP contribution < -0.4 is 5.32 Å². The first kappa shape index (κ1) is 22.2. The number of aldehydes is 1. The normalized spacial score (nSPS) is 17.2. The van der Waals surface area contributed by atoms with Gasteiger partial charge in [-0.05, 0) is 66.0 Å². The van der Waals surface area contributed by atoms with Gasteiger partial charge in [0.25, 0.3) is 5.91 Å². The van der Waals surface area contributed by atoms with Crippen LogP contribution in [0.4, 0.5) is 0 Å². The first-order valence-corrected chi connectivity index (χ1v) is 12.3. The van der Waals surface area contributed by atoms with E-state index >= 15 is 0 Å². The molecule has 2 atom stereocenters. The molecule has 0 saturated carbocycles. The van der Waals surface area contributed by atoms with Crippen LogP contribution in [0.5, 0.6) is 0 Å². The van der Waals surface area contributed by atoms with Crippen molar-refractivity contribution < 1.29 is 9.59 Å². The number of hydrogen-bond donors (Lipinski definition) is 1. The number of aromatic nitrogens is 1. The number of amides is 1. The average molecular weight is 499 g/mol. The van der Waals surface area contributed by atoms with E-state index in [9.17, 15) is 9.59 Å².